The zero-order valence-electron chi connectivity index (χ0n) is 10.5. The molecule has 0 aliphatic carbocycles. The fraction of sp³-hybridized carbons (Fsp3) is 0.333. The molecule has 2 aromatic heterocycles. The third kappa shape index (κ3) is 3.26. The molecule has 0 saturated heterocycles. The zero-order valence-corrected chi connectivity index (χ0v) is 12.2. The van der Waals surface area contributed by atoms with E-state index in [4.69, 9.17) is 4.42 Å². The van der Waals surface area contributed by atoms with Gasteiger partial charge in [0.1, 0.15) is 0 Å². The number of rotatable bonds is 4. The van der Waals surface area contributed by atoms with Crippen molar-refractivity contribution in [3.8, 4) is 11.5 Å². The van der Waals surface area contributed by atoms with Crippen molar-refractivity contribution in [2.45, 2.75) is 12.8 Å². The summed E-state index contributed by atoms with van der Waals surface area (Å²) in [5, 5.41) is 15.3. The van der Waals surface area contributed by atoms with E-state index in [1.807, 2.05) is 16.8 Å². The maximum absolute atomic E-state index is 11.7. The van der Waals surface area contributed by atoms with Crippen molar-refractivity contribution in [1.82, 2.24) is 15.5 Å². The molecule has 1 aliphatic rings. The summed E-state index contributed by atoms with van der Waals surface area (Å²) in [6.07, 6.45) is 0.742. The first kappa shape index (κ1) is 13.3. The van der Waals surface area contributed by atoms with Gasteiger partial charge in [-0.1, -0.05) is 11.8 Å². The van der Waals surface area contributed by atoms with E-state index in [9.17, 15) is 4.79 Å². The molecule has 2 aromatic rings. The fourth-order valence-electron chi connectivity index (χ4n) is 1.67. The van der Waals surface area contributed by atoms with Crippen LogP contribution >= 0.6 is 23.1 Å². The largest absolute Gasteiger partial charge is 0.421 e. The maximum Gasteiger partial charge on any atom is 0.248 e. The highest BCUT2D eigenvalue weighted by molar-refractivity contribution is 8.14. The number of thiophene rings is 1. The normalized spacial score (nSPS) is 14.3. The highest BCUT2D eigenvalue weighted by Gasteiger charge is 2.13. The van der Waals surface area contributed by atoms with Crippen molar-refractivity contribution < 1.29 is 9.21 Å². The Bertz CT molecular complexity index is 621. The Balaban J connectivity index is 1.52. The van der Waals surface area contributed by atoms with Gasteiger partial charge >= 0.3 is 0 Å². The number of hydrogen-bond acceptors (Lipinski definition) is 7. The number of hydrogen-bond donors (Lipinski definition) is 1. The van der Waals surface area contributed by atoms with E-state index in [-0.39, 0.29) is 5.91 Å². The minimum Gasteiger partial charge on any atom is -0.421 e. The Kier molecular flexibility index (Phi) is 4.12. The maximum atomic E-state index is 11.7. The number of thioether (sulfide) groups is 1. The lowest BCUT2D eigenvalue weighted by Crippen LogP contribution is -2.27. The number of aryl methyl sites for hydroxylation is 1. The number of carbonyl (C=O) groups excluding carboxylic acids is 1. The zero-order chi connectivity index (χ0) is 13.8. The average molecular weight is 308 g/mol. The van der Waals surface area contributed by atoms with Crippen LogP contribution in [0.25, 0.3) is 11.5 Å². The lowest BCUT2D eigenvalue weighted by atomic mass is 10.3. The number of amides is 1. The van der Waals surface area contributed by atoms with Gasteiger partial charge in [0.05, 0.1) is 6.54 Å². The first-order valence-corrected chi connectivity index (χ1v) is 8.06. The lowest BCUT2D eigenvalue weighted by molar-refractivity contribution is -0.119. The van der Waals surface area contributed by atoms with E-state index in [1.165, 1.54) is 0 Å². The molecule has 0 fully saturated rings. The van der Waals surface area contributed by atoms with Gasteiger partial charge in [0.15, 0.2) is 5.17 Å². The first-order chi connectivity index (χ1) is 9.81. The molecule has 0 unspecified atom stereocenters. The molecular formula is C12H12N4O2S2. The van der Waals surface area contributed by atoms with Crippen LogP contribution in [-0.4, -0.2) is 33.6 Å². The standard InChI is InChI=1S/C12H12N4O2S2/c17-9(14-12-13-4-6-20-12)1-2-10-15-16-11(18-10)8-3-5-19-7-8/h3,5,7H,1-2,4,6H2,(H,13,14,17). The molecule has 8 heteroatoms. The highest BCUT2D eigenvalue weighted by atomic mass is 32.2. The van der Waals surface area contributed by atoms with E-state index in [2.05, 4.69) is 20.5 Å². The molecule has 0 saturated carbocycles. The van der Waals surface area contributed by atoms with Gasteiger partial charge in [-0.3, -0.25) is 9.79 Å². The summed E-state index contributed by atoms with van der Waals surface area (Å²) in [5.74, 6) is 1.83. The van der Waals surface area contributed by atoms with Crippen LogP contribution in [0.5, 0.6) is 0 Å². The van der Waals surface area contributed by atoms with E-state index in [0.29, 0.717) is 29.8 Å². The van der Waals surface area contributed by atoms with Crippen molar-refractivity contribution in [1.29, 1.82) is 0 Å². The van der Waals surface area contributed by atoms with Gasteiger partial charge < -0.3 is 9.73 Å². The van der Waals surface area contributed by atoms with Gasteiger partial charge in [0, 0.05) is 29.5 Å². The third-order valence-corrected chi connectivity index (χ3v) is 4.21. The van der Waals surface area contributed by atoms with E-state index < -0.39 is 0 Å². The van der Waals surface area contributed by atoms with Crippen molar-refractivity contribution in [3.63, 3.8) is 0 Å². The summed E-state index contributed by atoms with van der Waals surface area (Å²) < 4.78 is 5.52. The minimum absolute atomic E-state index is 0.0755. The summed E-state index contributed by atoms with van der Waals surface area (Å²) in [6.45, 7) is 0.772. The Morgan fingerprint density at radius 1 is 1.45 bits per heavy atom. The molecule has 6 nitrogen and oxygen atoms in total. The van der Waals surface area contributed by atoms with E-state index in [1.54, 1.807) is 23.1 Å². The second-order valence-electron chi connectivity index (χ2n) is 4.10. The molecule has 1 aliphatic heterocycles. The van der Waals surface area contributed by atoms with E-state index in [0.717, 1.165) is 17.9 Å². The van der Waals surface area contributed by atoms with Crippen molar-refractivity contribution in [2.75, 3.05) is 12.3 Å². The molecule has 3 heterocycles. The van der Waals surface area contributed by atoms with Crippen molar-refractivity contribution in [3.05, 3.63) is 22.7 Å². The van der Waals surface area contributed by atoms with E-state index >= 15 is 0 Å². The minimum atomic E-state index is -0.0755. The molecule has 3 rings (SSSR count). The smallest absolute Gasteiger partial charge is 0.248 e. The molecule has 1 amide bonds. The number of aliphatic imine (C=N–C) groups is 1. The van der Waals surface area contributed by atoms with Crippen LogP contribution in [-0.2, 0) is 11.2 Å². The fourth-order valence-corrected chi connectivity index (χ4v) is 3.04. The van der Waals surface area contributed by atoms with Crippen LogP contribution in [0.15, 0.2) is 26.2 Å². The predicted molar refractivity (Wildman–Crippen MR) is 78.8 cm³/mol. The summed E-state index contributed by atoms with van der Waals surface area (Å²) >= 11 is 3.13. The predicted octanol–water partition coefficient (Wildman–Crippen LogP) is 1.95. The monoisotopic (exact) mass is 308 g/mol. The van der Waals surface area contributed by atoms with Crippen LogP contribution in [0.4, 0.5) is 0 Å². The summed E-state index contributed by atoms with van der Waals surface area (Å²) in [6, 6.07) is 1.92. The highest BCUT2D eigenvalue weighted by Crippen LogP contribution is 2.20. The van der Waals surface area contributed by atoms with Gasteiger partial charge in [0.25, 0.3) is 0 Å². The molecule has 0 aromatic carbocycles. The average Bonchev–Trinajstić information content (AvgIpc) is 3.18. The lowest BCUT2D eigenvalue weighted by Gasteiger charge is -2.01. The molecular weight excluding hydrogens is 296 g/mol. The second kappa shape index (κ2) is 6.19. The quantitative estimate of drug-likeness (QED) is 0.933. The van der Waals surface area contributed by atoms with Crippen LogP contribution in [0.1, 0.15) is 12.3 Å². The Hall–Kier alpha value is -1.67. The Morgan fingerprint density at radius 3 is 3.15 bits per heavy atom. The van der Waals surface area contributed by atoms with Crippen molar-refractivity contribution in [2.24, 2.45) is 4.99 Å². The van der Waals surface area contributed by atoms with Gasteiger partial charge in [-0.05, 0) is 11.4 Å². The Morgan fingerprint density at radius 2 is 2.40 bits per heavy atom. The molecule has 0 bridgehead atoms. The molecule has 104 valence electrons. The SMILES string of the molecule is O=C(CCc1nnc(-c2ccsc2)o1)NC1=NCCS1. The summed E-state index contributed by atoms with van der Waals surface area (Å²) in [4.78, 5) is 15.9. The van der Waals surface area contributed by atoms with Crippen LogP contribution in [0, 0.1) is 0 Å². The Labute approximate surface area is 123 Å². The number of aromatic nitrogens is 2. The first-order valence-electron chi connectivity index (χ1n) is 6.13. The molecule has 0 radical (unpaired) electrons. The van der Waals surface area contributed by atoms with Crippen LogP contribution in [0.3, 0.4) is 0 Å². The molecule has 0 spiro atoms. The third-order valence-electron chi connectivity index (χ3n) is 2.63. The molecule has 20 heavy (non-hydrogen) atoms. The molecule has 1 N–H and O–H groups in total. The molecule has 0 atom stereocenters. The van der Waals surface area contributed by atoms with Gasteiger partial charge in [-0.15, -0.1) is 10.2 Å². The van der Waals surface area contributed by atoms with Crippen LogP contribution in [0.2, 0.25) is 0 Å². The summed E-state index contributed by atoms with van der Waals surface area (Å²) in [5.41, 5.74) is 0.912. The topological polar surface area (TPSA) is 80.4 Å². The van der Waals surface area contributed by atoms with Gasteiger partial charge in [0.2, 0.25) is 17.7 Å². The van der Waals surface area contributed by atoms with Gasteiger partial charge in [-0.25, -0.2) is 0 Å². The van der Waals surface area contributed by atoms with Gasteiger partial charge in [-0.2, -0.15) is 11.3 Å². The number of nitrogens with one attached hydrogen (secondary N) is 1. The number of nitrogens with zero attached hydrogens (tertiary/aromatic N) is 3. The van der Waals surface area contributed by atoms with Crippen molar-refractivity contribution >= 4 is 34.2 Å². The number of carbonyl (C=O) groups is 1. The van der Waals surface area contributed by atoms with Crippen LogP contribution < -0.4 is 5.32 Å². The number of amidine groups is 1. The second-order valence-corrected chi connectivity index (χ2v) is 5.96. The summed E-state index contributed by atoms with van der Waals surface area (Å²) in [7, 11) is 0.